The minimum atomic E-state index is -1.47. The number of nitro groups is 2. The second-order valence-corrected chi connectivity index (χ2v) is 6.92. The van der Waals surface area contributed by atoms with Crippen molar-refractivity contribution in [2.75, 3.05) is 33.0 Å². The highest BCUT2D eigenvalue weighted by Crippen LogP contribution is 2.47. The number of ether oxygens (including phenoxy) is 3. The van der Waals surface area contributed by atoms with Crippen molar-refractivity contribution in [3.8, 4) is 0 Å². The molecule has 0 aliphatic heterocycles. The van der Waals surface area contributed by atoms with Gasteiger partial charge in [-0.3, -0.25) is 20.2 Å². The van der Waals surface area contributed by atoms with Gasteiger partial charge in [-0.15, -0.1) is 0 Å². The zero-order chi connectivity index (χ0) is 22.1. The van der Waals surface area contributed by atoms with Crippen LogP contribution in [0.1, 0.15) is 54.9 Å². The molecule has 0 spiro atoms. The van der Waals surface area contributed by atoms with E-state index < -0.39 is 38.4 Å². The van der Waals surface area contributed by atoms with Crippen LogP contribution >= 0.6 is 0 Å². The Labute approximate surface area is 173 Å². The van der Waals surface area contributed by atoms with Crippen molar-refractivity contribution in [2.45, 2.75) is 44.6 Å². The molecule has 0 bridgehead atoms. The fourth-order valence-electron chi connectivity index (χ4n) is 3.76. The molecule has 1 aromatic rings. The second kappa shape index (κ2) is 11.0. The Morgan fingerprint density at radius 3 is 2.23 bits per heavy atom. The third-order valence-corrected chi connectivity index (χ3v) is 5.04. The SMILES string of the molecule is CCOCCOCCOC1(c2c(C(=O)O)cc([N+](=O)[O-])cc2[N+](=O)[O-])CCCCC1. The molecule has 166 valence electrons. The Bertz CT molecular complexity index is 740. The lowest BCUT2D eigenvalue weighted by molar-refractivity contribution is -0.395. The van der Waals surface area contributed by atoms with Crippen LogP contribution in [-0.4, -0.2) is 54.0 Å². The standard InChI is InChI=1S/C19H26N2O9/c1-2-28-8-9-29-10-11-30-19(6-4-3-5-7-19)17-15(18(22)23)12-14(20(24)25)13-16(17)21(26)27/h12-13H,2-11H2,1H3,(H,22,23). The van der Waals surface area contributed by atoms with E-state index in [2.05, 4.69) is 0 Å². The molecule has 0 heterocycles. The van der Waals surface area contributed by atoms with Gasteiger partial charge in [0.25, 0.3) is 11.4 Å². The zero-order valence-electron chi connectivity index (χ0n) is 16.8. The minimum absolute atomic E-state index is 0.0966. The summed E-state index contributed by atoms with van der Waals surface area (Å²) in [5, 5.41) is 32.6. The molecule has 0 saturated heterocycles. The second-order valence-electron chi connectivity index (χ2n) is 6.92. The Kier molecular flexibility index (Phi) is 8.63. The van der Waals surface area contributed by atoms with Crippen molar-refractivity contribution in [2.24, 2.45) is 0 Å². The summed E-state index contributed by atoms with van der Waals surface area (Å²) in [4.78, 5) is 33.2. The summed E-state index contributed by atoms with van der Waals surface area (Å²) in [5.74, 6) is -1.47. The van der Waals surface area contributed by atoms with Crippen LogP contribution in [0.15, 0.2) is 12.1 Å². The topological polar surface area (TPSA) is 151 Å². The quantitative estimate of drug-likeness (QED) is 0.301. The number of non-ortho nitro benzene ring substituents is 1. The Hall–Kier alpha value is -2.63. The summed E-state index contributed by atoms with van der Waals surface area (Å²) in [6.45, 7) is 3.54. The molecule has 1 fully saturated rings. The average molecular weight is 426 g/mol. The summed E-state index contributed by atoms with van der Waals surface area (Å²) in [6.07, 6.45) is 3.03. The number of rotatable bonds is 12. The predicted octanol–water partition coefficient (Wildman–Crippen LogP) is 3.43. The molecule has 1 aliphatic carbocycles. The van der Waals surface area contributed by atoms with Crippen LogP contribution in [0.25, 0.3) is 0 Å². The summed E-state index contributed by atoms with van der Waals surface area (Å²) in [7, 11) is 0. The molecule has 1 aliphatic rings. The number of aromatic carboxylic acids is 1. The van der Waals surface area contributed by atoms with E-state index in [-0.39, 0.29) is 18.8 Å². The van der Waals surface area contributed by atoms with Crippen molar-refractivity contribution in [1.82, 2.24) is 0 Å². The fraction of sp³-hybridized carbons (Fsp3) is 0.632. The molecular formula is C19H26N2O9. The van der Waals surface area contributed by atoms with Gasteiger partial charge in [0, 0.05) is 12.7 Å². The van der Waals surface area contributed by atoms with Crippen molar-refractivity contribution in [3.05, 3.63) is 43.5 Å². The van der Waals surface area contributed by atoms with Crippen LogP contribution in [-0.2, 0) is 19.8 Å². The molecule has 0 aromatic heterocycles. The molecule has 11 heteroatoms. The normalized spacial score (nSPS) is 15.6. The first kappa shape index (κ1) is 23.6. The van der Waals surface area contributed by atoms with Gasteiger partial charge >= 0.3 is 5.97 Å². The van der Waals surface area contributed by atoms with E-state index in [4.69, 9.17) is 14.2 Å². The van der Waals surface area contributed by atoms with Gasteiger partial charge in [0.2, 0.25) is 0 Å². The molecule has 0 atom stereocenters. The highest BCUT2D eigenvalue weighted by molar-refractivity contribution is 5.92. The smallest absolute Gasteiger partial charge is 0.336 e. The van der Waals surface area contributed by atoms with E-state index in [0.717, 1.165) is 18.6 Å². The summed E-state index contributed by atoms with van der Waals surface area (Å²) in [5.41, 5.74) is -3.06. The number of carbonyl (C=O) groups is 1. The van der Waals surface area contributed by atoms with Crippen molar-refractivity contribution >= 4 is 17.3 Å². The van der Waals surface area contributed by atoms with E-state index in [1.54, 1.807) is 0 Å². The predicted molar refractivity (Wildman–Crippen MR) is 105 cm³/mol. The molecule has 11 nitrogen and oxygen atoms in total. The van der Waals surface area contributed by atoms with Gasteiger partial charge in [-0.25, -0.2) is 4.79 Å². The maximum atomic E-state index is 11.9. The minimum Gasteiger partial charge on any atom is -0.478 e. The first-order valence-corrected chi connectivity index (χ1v) is 9.82. The lowest BCUT2D eigenvalue weighted by Crippen LogP contribution is -2.36. The van der Waals surface area contributed by atoms with Gasteiger partial charge in [-0.1, -0.05) is 19.3 Å². The lowest BCUT2D eigenvalue weighted by Gasteiger charge is -2.38. The number of benzene rings is 1. The number of carboxylic acids is 1. The van der Waals surface area contributed by atoms with Crippen LogP contribution in [0.5, 0.6) is 0 Å². The molecule has 1 aromatic carbocycles. The van der Waals surface area contributed by atoms with Gasteiger partial charge in [-0.2, -0.15) is 0 Å². The fourth-order valence-corrected chi connectivity index (χ4v) is 3.76. The molecular weight excluding hydrogens is 400 g/mol. The van der Waals surface area contributed by atoms with Crippen LogP contribution < -0.4 is 0 Å². The van der Waals surface area contributed by atoms with Gasteiger partial charge in [0.05, 0.1) is 53.5 Å². The highest BCUT2D eigenvalue weighted by Gasteiger charge is 2.44. The maximum Gasteiger partial charge on any atom is 0.336 e. The largest absolute Gasteiger partial charge is 0.478 e. The number of hydrogen-bond donors (Lipinski definition) is 1. The van der Waals surface area contributed by atoms with Crippen molar-refractivity contribution in [3.63, 3.8) is 0 Å². The Morgan fingerprint density at radius 2 is 1.67 bits per heavy atom. The Morgan fingerprint density at radius 1 is 1.03 bits per heavy atom. The van der Waals surface area contributed by atoms with Gasteiger partial charge in [0.1, 0.15) is 5.60 Å². The van der Waals surface area contributed by atoms with Crippen LogP contribution in [0.3, 0.4) is 0 Å². The number of hydrogen-bond acceptors (Lipinski definition) is 8. The van der Waals surface area contributed by atoms with Gasteiger partial charge < -0.3 is 19.3 Å². The summed E-state index contributed by atoms with van der Waals surface area (Å²) >= 11 is 0. The van der Waals surface area contributed by atoms with E-state index in [0.29, 0.717) is 45.5 Å². The number of nitro benzene ring substituents is 2. The zero-order valence-corrected chi connectivity index (χ0v) is 16.8. The van der Waals surface area contributed by atoms with Crippen molar-refractivity contribution < 1.29 is 34.0 Å². The van der Waals surface area contributed by atoms with Crippen LogP contribution in [0.4, 0.5) is 11.4 Å². The van der Waals surface area contributed by atoms with Gasteiger partial charge in [-0.05, 0) is 19.8 Å². The molecule has 0 amide bonds. The first-order valence-electron chi connectivity index (χ1n) is 9.82. The third-order valence-electron chi connectivity index (χ3n) is 5.04. The first-order chi connectivity index (χ1) is 14.3. The summed E-state index contributed by atoms with van der Waals surface area (Å²) < 4.78 is 16.6. The van der Waals surface area contributed by atoms with E-state index >= 15 is 0 Å². The summed E-state index contributed by atoms with van der Waals surface area (Å²) in [6, 6.07) is 1.67. The Balaban J connectivity index is 2.39. The highest BCUT2D eigenvalue weighted by atomic mass is 16.6. The van der Waals surface area contributed by atoms with Crippen molar-refractivity contribution in [1.29, 1.82) is 0 Å². The molecule has 1 saturated carbocycles. The van der Waals surface area contributed by atoms with E-state index in [9.17, 15) is 30.1 Å². The maximum absolute atomic E-state index is 11.9. The van der Waals surface area contributed by atoms with Crippen LogP contribution in [0.2, 0.25) is 0 Å². The molecule has 30 heavy (non-hydrogen) atoms. The van der Waals surface area contributed by atoms with Gasteiger partial charge in [0.15, 0.2) is 0 Å². The van der Waals surface area contributed by atoms with E-state index in [1.807, 2.05) is 6.92 Å². The van der Waals surface area contributed by atoms with E-state index in [1.165, 1.54) is 0 Å². The molecule has 0 radical (unpaired) electrons. The monoisotopic (exact) mass is 426 g/mol. The number of carboxylic acid groups (broad SMARTS) is 1. The third kappa shape index (κ3) is 5.71. The number of nitrogens with zero attached hydrogens (tertiary/aromatic N) is 2. The lowest BCUT2D eigenvalue weighted by atomic mass is 9.76. The average Bonchev–Trinajstić information content (AvgIpc) is 2.72. The molecule has 2 rings (SSSR count). The molecule has 0 unspecified atom stereocenters. The van der Waals surface area contributed by atoms with Crippen LogP contribution in [0, 0.1) is 20.2 Å². The molecule has 1 N–H and O–H groups in total.